The molecule has 1 N–H and O–H groups in total. The molecule has 0 unspecified atom stereocenters. The summed E-state index contributed by atoms with van der Waals surface area (Å²) in [5.74, 6) is 0.586. The largest absolute Gasteiger partial charge is 0.507 e. The zero-order valence-electron chi connectivity index (χ0n) is 13.5. The topological polar surface area (TPSA) is 63.8 Å². The van der Waals surface area contributed by atoms with E-state index in [1.807, 2.05) is 6.20 Å². The van der Waals surface area contributed by atoms with Crippen molar-refractivity contribution < 1.29 is 5.11 Å². The van der Waals surface area contributed by atoms with Crippen LogP contribution in [0.15, 0.2) is 24.4 Å². The monoisotopic (exact) mass is 342 g/mol. The number of hydrogen-bond donors (Lipinski definition) is 1. The van der Waals surface area contributed by atoms with Gasteiger partial charge in [0, 0.05) is 11.2 Å². The third-order valence-electron chi connectivity index (χ3n) is 4.73. The minimum atomic E-state index is 0.0875. The zero-order chi connectivity index (χ0) is 16.7. The van der Waals surface area contributed by atoms with Crippen molar-refractivity contribution in [1.29, 1.82) is 0 Å². The van der Waals surface area contributed by atoms with Crippen molar-refractivity contribution in [2.24, 2.45) is 0 Å². The molecule has 0 saturated heterocycles. The lowest BCUT2D eigenvalue weighted by atomic mass is 10.2. The Balaban J connectivity index is 1.88. The fourth-order valence-electron chi connectivity index (χ4n) is 3.47. The second-order valence-electron chi connectivity index (χ2n) is 6.28. The van der Waals surface area contributed by atoms with Crippen molar-refractivity contribution in [3.05, 3.63) is 35.1 Å². The highest BCUT2D eigenvalue weighted by Crippen LogP contribution is 2.34. The Hall–Kier alpha value is -2.14. The molecule has 0 spiro atoms. The van der Waals surface area contributed by atoms with Gasteiger partial charge in [0.2, 0.25) is 0 Å². The predicted octanol–water partition coefficient (Wildman–Crippen LogP) is 4.53. The predicted molar refractivity (Wildman–Crippen MR) is 94.3 cm³/mol. The van der Waals surface area contributed by atoms with Gasteiger partial charge in [-0.15, -0.1) is 0 Å². The van der Waals surface area contributed by atoms with Gasteiger partial charge in [-0.25, -0.2) is 14.6 Å². The van der Waals surface area contributed by atoms with Gasteiger partial charge < -0.3 is 5.11 Å². The van der Waals surface area contributed by atoms with E-state index in [1.54, 1.807) is 12.1 Å². The second-order valence-corrected chi connectivity index (χ2v) is 6.71. The summed E-state index contributed by atoms with van der Waals surface area (Å²) in [4.78, 5) is 9.18. The van der Waals surface area contributed by atoms with Gasteiger partial charge in [-0.1, -0.05) is 31.4 Å². The van der Waals surface area contributed by atoms with Crippen LogP contribution in [0.25, 0.3) is 22.4 Å². The smallest absolute Gasteiger partial charge is 0.165 e. The van der Waals surface area contributed by atoms with E-state index in [4.69, 9.17) is 21.7 Å². The van der Waals surface area contributed by atoms with E-state index >= 15 is 0 Å². The molecule has 6 heteroatoms. The first-order chi connectivity index (χ1) is 11.7. The third kappa shape index (κ3) is 2.53. The van der Waals surface area contributed by atoms with Crippen molar-refractivity contribution >= 4 is 22.6 Å². The number of benzene rings is 1. The molecule has 2 heterocycles. The Labute approximate surface area is 145 Å². The van der Waals surface area contributed by atoms with E-state index in [2.05, 4.69) is 16.6 Å². The van der Waals surface area contributed by atoms with Crippen LogP contribution in [0.3, 0.4) is 0 Å². The quantitative estimate of drug-likeness (QED) is 0.759. The molecule has 1 fully saturated rings. The van der Waals surface area contributed by atoms with Crippen LogP contribution in [-0.4, -0.2) is 24.9 Å². The maximum atomic E-state index is 10.2. The van der Waals surface area contributed by atoms with Gasteiger partial charge in [0.1, 0.15) is 5.75 Å². The Morgan fingerprint density at radius 3 is 2.79 bits per heavy atom. The van der Waals surface area contributed by atoms with Crippen LogP contribution in [0.1, 0.15) is 44.3 Å². The fourth-order valence-corrected chi connectivity index (χ4v) is 3.64. The van der Waals surface area contributed by atoms with E-state index in [1.165, 1.54) is 18.9 Å². The maximum absolute atomic E-state index is 10.2. The van der Waals surface area contributed by atoms with Gasteiger partial charge in [-0.3, -0.25) is 0 Å². The standard InChI is InChI=1S/C18H19ClN4O/c1-2-15-14-10-20-17(13-8-7-11(19)9-16(13)24)21-18(14)23(22-15)12-5-3-4-6-12/h7-10,12,24H,2-6H2,1H3. The molecule has 1 aliphatic rings. The fraction of sp³-hybridized carbons (Fsp3) is 0.389. The zero-order valence-corrected chi connectivity index (χ0v) is 14.3. The first kappa shape index (κ1) is 15.4. The summed E-state index contributed by atoms with van der Waals surface area (Å²) in [6.45, 7) is 2.10. The molecule has 2 aromatic heterocycles. The molecule has 0 bridgehead atoms. The van der Waals surface area contributed by atoms with Crippen molar-refractivity contribution in [1.82, 2.24) is 19.7 Å². The Morgan fingerprint density at radius 2 is 2.08 bits per heavy atom. The van der Waals surface area contributed by atoms with Gasteiger partial charge >= 0.3 is 0 Å². The number of fused-ring (bicyclic) bond motifs is 1. The van der Waals surface area contributed by atoms with E-state index in [-0.39, 0.29) is 5.75 Å². The number of phenolic OH excluding ortho intramolecular Hbond substituents is 1. The number of aromatic hydroxyl groups is 1. The normalized spacial score (nSPS) is 15.4. The van der Waals surface area contributed by atoms with Gasteiger partial charge in [0.25, 0.3) is 0 Å². The lowest BCUT2D eigenvalue weighted by Crippen LogP contribution is -2.08. The highest BCUT2D eigenvalue weighted by molar-refractivity contribution is 6.30. The van der Waals surface area contributed by atoms with Crippen LogP contribution in [0, 0.1) is 0 Å². The average molecular weight is 343 g/mol. The highest BCUT2D eigenvalue weighted by Gasteiger charge is 2.23. The highest BCUT2D eigenvalue weighted by atomic mass is 35.5. The number of rotatable bonds is 3. The summed E-state index contributed by atoms with van der Waals surface area (Å²) in [6.07, 6.45) is 7.44. The van der Waals surface area contributed by atoms with Crippen LogP contribution in [0.5, 0.6) is 5.75 Å². The number of phenols is 1. The first-order valence-electron chi connectivity index (χ1n) is 8.40. The molecule has 0 radical (unpaired) electrons. The molecular formula is C18H19ClN4O. The van der Waals surface area contributed by atoms with Gasteiger partial charge in [-0.2, -0.15) is 5.10 Å². The number of hydrogen-bond acceptors (Lipinski definition) is 4. The summed E-state index contributed by atoms with van der Waals surface area (Å²) >= 11 is 5.92. The molecule has 4 rings (SSSR count). The summed E-state index contributed by atoms with van der Waals surface area (Å²) < 4.78 is 2.07. The molecule has 5 nitrogen and oxygen atoms in total. The third-order valence-corrected chi connectivity index (χ3v) is 4.97. The maximum Gasteiger partial charge on any atom is 0.165 e. The molecule has 1 aromatic carbocycles. The SMILES string of the molecule is CCc1nn(C2CCCC2)c2nc(-c3ccc(Cl)cc3O)ncc12. The lowest BCUT2D eigenvalue weighted by molar-refractivity contribution is 0.473. The van der Waals surface area contributed by atoms with E-state index in [0.717, 1.165) is 36.0 Å². The summed E-state index contributed by atoms with van der Waals surface area (Å²) in [5, 5.41) is 16.4. The molecule has 0 aliphatic heterocycles. The number of halogens is 1. The summed E-state index contributed by atoms with van der Waals surface area (Å²) in [6, 6.07) is 5.40. The molecule has 3 aromatic rings. The van der Waals surface area contributed by atoms with Crippen LogP contribution in [0.4, 0.5) is 0 Å². The molecule has 124 valence electrons. The van der Waals surface area contributed by atoms with Crippen molar-refractivity contribution in [3.8, 4) is 17.1 Å². The summed E-state index contributed by atoms with van der Waals surface area (Å²) in [7, 11) is 0. The summed E-state index contributed by atoms with van der Waals surface area (Å²) in [5.41, 5.74) is 2.47. The van der Waals surface area contributed by atoms with Crippen molar-refractivity contribution in [3.63, 3.8) is 0 Å². The van der Waals surface area contributed by atoms with Gasteiger partial charge in [-0.05, 0) is 37.5 Å². The Morgan fingerprint density at radius 1 is 1.29 bits per heavy atom. The van der Waals surface area contributed by atoms with Crippen LogP contribution in [-0.2, 0) is 6.42 Å². The van der Waals surface area contributed by atoms with Crippen molar-refractivity contribution in [2.45, 2.75) is 45.1 Å². The molecule has 0 atom stereocenters. The minimum Gasteiger partial charge on any atom is -0.507 e. The van der Waals surface area contributed by atoms with E-state index in [9.17, 15) is 5.11 Å². The molecule has 1 saturated carbocycles. The Bertz CT molecular complexity index is 899. The Kier molecular flexibility index (Phi) is 3.88. The van der Waals surface area contributed by atoms with Crippen LogP contribution >= 0.6 is 11.6 Å². The van der Waals surface area contributed by atoms with E-state index in [0.29, 0.717) is 22.5 Å². The van der Waals surface area contributed by atoms with E-state index < -0.39 is 0 Å². The lowest BCUT2D eigenvalue weighted by Gasteiger charge is -2.11. The molecule has 0 amide bonds. The number of aromatic nitrogens is 4. The number of nitrogens with zero attached hydrogens (tertiary/aromatic N) is 4. The molecular weight excluding hydrogens is 324 g/mol. The second kappa shape index (κ2) is 6.06. The van der Waals surface area contributed by atoms with Crippen LogP contribution < -0.4 is 0 Å². The van der Waals surface area contributed by atoms with Gasteiger partial charge in [0.15, 0.2) is 11.5 Å². The van der Waals surface area contributed by atoms with Crippen LogP contribution in [0.2, 0.25) is 5.02 Å². The van der Waals surface area contributed by atoms with Crippen molar-refractivity contribution in [2.75, 3.05) is 0 Å². The molecule has 1 aliphatic carbocycles. The molecule has 24 heavy (non-hydrogen) atoms. The average Bonchev–Trinajstić information content (AvgIpc) is 3.21. The first-order valence-corrected chi connectivity index (χ1v) is 8.78. The number of aryl methyl sites for hydroxylation is 1. The minimum absolute atomic E-state index is 0.0875. The van der Waals surface area contributed by atoms with Gasteiger partial charge in [0.05, 0.1) is 22.7 Å².